The van der Waals surface area contributed by atoms with Crippen LogP contribution in [0.4, 0.5) is 8.78 Å². The van der Waals surface area contributed by atoms with Crippen molar-refractivity contribution >= 4 is 10.8 Å². The fourth-order valence-electron chi connectivity index (χ4n) is 4.02. The van der Waals surface area contributed by atoms with E-state index in [1.165, 1.54) is 31.8 Å². The average Bonchev–Trinajstić information content (AvgIpc) is 2.64. The molecule has 0 unspecified atom stereocenters. The highest BCUT2D eigenvalue weighted by atomic mass is 19.2. The first-order valence-electron chi connectivity index (χ1n) is 9.29. The van der Waals surface area contributed by atoms with Crippen LogP contribution in [-0.4, -0.2) is 6.61 Å². The first kappa shape index (κ1) is 17.9. The van der Waals surface area contributed by atoms with Crippen LogP contribution in [0.3, 0.4) is 0 Å². The molecule has 0 saturated heterocycles. The summed E-state index contributed by atoms with van der Waals surface area (Å²) in [5.41, 5.74) is 1.13. The molecular weight excluding hydrogens is 318 g/mol. The molecular formula is C22H26F2O. The topological polar surface area (TPSA) is 9.23 Å². The number of ether oxygens (including phenoxy) is 1. The van der Waals surface area contributed by atoms with Gasteiger partial charge in [0.1, 0.15) is 6.61 Å². The van der Waals surface area contributed by atoms with Crippen molar-refractivity contribution in [2.45, 2.75) is 51.4 Å². The quantitative estimate of drug-likeness (QED) is 0.526. The second-order valence-electron chi connectivity index (χ2n) is 7.09. The van der Waals surface area contributed by atoms with E-state index in [-0.39, 0.29) is 12.4 Å². The average molecular weight is 344 g/mol. The van der Waals surface area contributed by atoms with E-state index in [4.69, 9.17) is 4.74 Å². The Hall–Kier alpha value is -1.90. The summed E-state index contributed by atoms with van der Waals surface area (Å²) in [6, 6.07) is 7.34. The van der Waals surface area contributed by atoms with Crippen LogP contribution in [0.25, 0.3) is 10.8 Å². The van der Waals surface area contributed by atoms with Gasteiger partial charge in [-0.05, 0) is 60.6 Å². The highest BCUT2D eigenvalue weighted by Crippen LogP contribution is 2.39. The van der Waals surface area contributed by atoms with Gasteiger partial charge in [0.15, 0.2) is 11.6 Å². The van der Waals surface area contributed by atoms with Crippen molar-refractivity contribution in [3.63, 3.8) is 0 Å². The van der Waals surface area contributed by atoms with Gasteiger partial charge in [-0.25, -0.2) is 4.39 Å². The van der Waals surface area contributed by atoms with Crippen molar-refractivity contribution in [3.05, 3.63) is 54.1 Å². The van der Waals surface area contributed by atoms with E-state index in [1.54, 1.807) is 6.07 Å². The van der Waals surface area contributed by atoms with Gasteiger partial charge in [0.25, 0.3) is 0 Å². The molecule has 0 heterocycles. The monoisotopic (exact) mass is 344 g/mol. The number of hydrogen-bond acceptors (Lipinski definition) is 1. The van der Waals surface area contributed by atoms with Gasteiger partial charge < -0.3 is 4.74 Å². The molecule has 134 valence electrons. The lowest BCUT2D eigenvalue weighted by Crippen LogP contribution is -2.13. The summed E-state index contributed by atoms with van der Waals surface area (Å²) < 4.78 is 34.0. The minimum atomic E-state index is -0.918. The molecule has 1 saturated carbocycles. The third-order valence-electron chi connectivity index (χ3n) is 5.38. The minimum Gasteiger partial charge on any atom is -0.486 e. The molecule has 2 aromatic rings. The summed E-state index contributed by atoms with van der Waals surface area (Å²) in [4.78, 5) is 0. The second kappa shape index (κ2) is 7.99. The maximum atomic E-state index is 14.5. The van der Waals surface area contributed by atoms with Crippen molar-refractivity contribution in [3.8, 4) is 5.75 Å². The Kier molecular flexibility index (Phi) is 5.72. The Labute approximate surface area is 148 Å². The molecule has 0 atom stereocenters. The highest BCUT2D eigenvalue weighted by Gasteiger charge is 2.23. The summed E-state index contributed by atoms with van der Waals surface area (Å²) in [7, 11) is 0. The van der Waals surface area contributed by atoms with Gasteiger partial charge in [0, 0.05) is 5.39 Å². The minimum absolute atomic E-state index is 0.0577. The number of benzene rings is 2. The van der Waals surface area contributed by atoms with Gasteiger partial charge >= 0.3 is 0 Å². The highest BCUT2D eigenvalue weighted by molar-refractivity contribution is 5.85. The largest absolute Gasteiger partial charge is 0.486 e. The summed E-state index contributed by atoms with van der Waals surface area (Å²) >= 11 is 0. The fraction of sp³-hybridized carbons (Fsp3) is 0.455. The van der Waals surface area contributed by atoms with Crippen LogP contribution < -0.4 is 4.74 Å². The Morgan fingerprint density at radius 1 is 1.12 bits per heavy atom. The SMILES string of the molecule is C=CCOc1cc2ccc(C3CCC(CCC)CC3)cc2c(F)c1F. The molecule has 1 aliphatic carbocycles. The van der Waals surface area contributed by atoms with Crippen molar-refractivity contribution in [1.82, 2.24) is 0 Å². The van der Waals surface area contributed by atoms with E-state index in [0.717, 1.165) is 24.3 Å². The molecule has 1 nitrogen and oxygen atoms in total. The molecule has 0 amide bonds. The fourth-order valence-corrected chi connectivity index (χ4v) is 4.02. The summed E-state index contributed by atoms with van der Waals surface area (Å²) in [5.74, 6) is -0.508. The van der Waals surface area contributed by atoms with Crippen LogP contribution >= 0.6 is 0 Å². The molecule has 2 aromatic carbocycles. The number of rotatable bonds is 6. The van der Waals surface area contributed by atoms with Gasteiger partial charge in [-0.15, -0.1) is 0 Å². The standard InChI is InChI=1S/C22H26F2O/c1-3-5-15-6-8-16(9-7-15)17-10-11-18-14-20(25-12-4-2)22(24)21(23)19(18)13-17/h4,10-11,13-16H,2-3,5-9,12H2,1H3. The summed E-state index contributed by atoms with van der Waals surface area (Å²) in [5, 5.41) is 1.01. The predicted octanol–water partition coefficient (Wildman–Crippen LogP) is 6.76. The molecule has 0 radical (unpaired) electrons. The molecule has 1 aliphatic rings. The first-order valence-corrected chi connectivity index (χ1v) is 9.29. The van der Waals surface area contributed by atoms with E-state index in [2.05, 4.69) is 19.6 Å². The van der Waals surface area contributed by atoms with Crippen LogP contribution in [0.2, 0.25) is 0 Å². The zero-order chi connectivity index (χ0) is 17.8. The molecule has 0 aromatic heterocycles. The third kappa shape index (κ3) is 3.86. The predicted molar refractivity (Wildman–Crippen MR) is 99.2 cm³/mol. The molecule has 1 fully saturated rings. The van der Waals surface area contributed by atoms with Crippen LogP contribution in [0.5, 0.6) is 5.75 Å². The molecule has 0 bridgehead atoms. The number of halogens is 2. The smallest absolute Gasteiger partial charge is 0.201 e. The zero-order valence-corrected chi connectivity index (χ0v) is 14.9. The first-order chi connectivity index (χ1) is 12.1. The van der Waals surface area contributed by atoms with E-state index in [0.29, 0.717) is 16.7 Å². The Morgan fingerprint density at radius 3 is 2.56 bits per heavy atom. The van der Waals surface area contributed by atoms with Crippen LogP contribution in [0.1, 0.15) is 56.9 Å². The summed E-state index contributed by atoms with van der Waals surface area (Å²) in [6.45, 7) is 5.92. The third-order valence-corrected chi connectivity index (χ3v) is 5.38. The Morgan fingerprint density at radius 2 is 1.88 bits per heavy atom. The number of hydrogen-bond donors (Lipinski definition) is 0. The second-order valence-corrected chi connectivity index (χ2v) is 7.09. The Bertz CT molecular complexity index is 745. The van der Waals surface area contributed by atoms with Crippen molar-refractivity contribution in [2.24, 2.45) is 5.92 Å². The maximum absolute atomic E-state index is 14.5. The molecule has 0 aliphatic heterocycles. The lowest BCUT2D eigenvalue weighted by atomic mass is 9.77. The van der Waals surface area contributed by atoms with E-state index in [1.807, 2.05) is 12.1 Å². The Balaban J connectivity index is 1.85. The van der Waals surface area contributed by atoms with Gasteiger partial charge in [-0.3, -0.25) is 0 Å². The van der Waals surface area contributed by atoms with Crippen molar-refractivity contribution < 1.29 is 13.5 Å². The van der Waals surface area contributed by atoms with Gasteiger partial charge in [-0.2, -0.15) is 4.39 Å². The summed E-state index contributed by atoms with van der Waals surface area (Å²) in [6.07, 6.45) is 8.81. The maximum Gasteiger partial charge on any atom is 0.201 e. The van der Waals surface area contributed by atoms with Crippen molar-refractivity contribution in [2.75, 3.05) is 6.61 Å². The zero-order valence-electron chi connectivity index (χ0n) is 14.9. The van der Waals surface area contributed by atoms with Crippen LogP contribution in [0.15, 0.2) is 36.9 Å². The van der Waals surface area contributed by atoms with Gasteiger partial charge in [0.2, 0.25) is 5.82 Å². The van der Waals surface area contributed by atoms with Crippen LogP contribution in [0, 0.1) is 17.6 Å². The molecule has 3 rings (SSSR count). The lowest BCUT2D eigenvalue weighted by molar-refractivity contribution is 0.308. The molecule has 0 N–H and O–H groups in total. The molecule has 25 heavy (non-hydrogen) atoms. The van der Waals surface area contributed by atoms with E-state index < -0.39 is 11.6 Å². The lowest BCUT2D eigenvalue weighted by Gasteiger charge is -2.28. The van der Waals surface area contributed by atoms with Crippen LogP contribution in [-0.2, 0) is 0 Å². The molecule has 0 spiro atoms. The normalized spacial score (nSPS) is 20.6. The van der Waals surface area contributed by atoms with Crippen molar-refractivity contribution in [1.29, 1.82) is 0 Å². The van der Waals surface area contributed by atoms with E-state index >= 15 is 0 Å². The van der Waals surface area contributed by atoms with E-state index in [9.17, 15) is 8.78 Å². The van der Waals surface area contributed by atoms with Gasteiger partial charge in [0.05, 0.1) is 0 Å². The van der Waals surface area contributed by atoms with Gasteiger partial charge in [-0.1, -0.05) is 44.6 Å². The molecule has 3 heteroatoms. The number of fused-ring (bicyclic) bond motifs is 1.